The van der Waals surface area contributed by atoms with Crippen molar-refractivity contribution < 1.29 is 9.53 Å². The number of ether oxygens (including phenoxy) is 1. The maximum Gasteiger partial charge on any atom is 0.294 e. The zero-order valence-electron chi connectivity index (χ0n) is 13.3. The van der Waals surface area contributed by atoms with Crippen LogP contribution in [0.1, 0.15) is 10.4 Å². The first-order chi connectivity index (χ1) is 12.6. The molecule has 0 aliphatic rings. The summed E-state index contributed by atoms with van der Waals surface area (Å²) in [4.78, 5) is 21.3. The molecule has 0 radical (unpaired) electrons. The maximum atomic E-state index is 12.0. The van der Waals surface area contributed by atoms with E-state index in [1.807, 2.05) is 18.2 Å². The summed E-state index contributed by atoms with van der Waals surface area (Å²) in [5, 5.41) is 10.8. The summed E-state index contributed by atoms with van der Waals surface area (Å²) >= 11 is 4.70. The molecule has 1 aromatic heterocycles. The van der Waals surface area contributed by atoms with Gasteiger partial charge in [-0.05, 0) is 64.1 Å². The van der Waals surface area contributed by atoms with E-state index in [9.17, 15) is 4.79 Å². The normalized spacial score (nSPS) is 10.2. The first kappa shape index (κ1) is 18.1. The Labute approximate surface area is 162 Å². The van der Waals surface area contributed by atoms with Crippen molar-refractivity contribution >= 4 is 39.6 Å². The summed E-state index contributed by atoms with van der Waals surface area (Å²) in [6, 6.07) is 15.4. The summed E-state index contributed by atoms with van der Waals surface area (Å²) in [7, 11) is 0. The van der Waals surface area contributed by atoms with Crippen molar-refractivity contribution in [3.63, 3.8) is 0 Å². The second-order valence-corrected chi connectivity index (χ2v) is 6.97. The van der Waals surface area contributed by atoms with Crippen molar-refractivity contribution in [3.05, 3.63) is 77.0 Å². The van der Waals surface area contributed by atoms with Crippen molar-refractivity contribution in [2.75, 3.05) is 0 Å². The molecule has 0 bridgehead atoms. The molecular weight excluding hydrogens is 416 g/mol. The Morgan fingerprint density at radius 3 is 2.35 bits per heavy atom. The van der Waals surface area contributed by atoms with Gasteiger partial charge in [-0.2, -0.15) is 0 Å². The Morgan fingerprint density at radius 1 is 1.04 bits per heavy atom. The number of amides is 1. The summed E-state index contributed by atoms with van der Waals surface area (Å²) in [5.74, 6) is 0.0552. The average Bonchev–Trinajstić information content (AvgIpc) is 2.66. The van der Waals surface area contributed by atoms with Gasteiger partial charge in [-0.3, -0.25) is 15.5 Å². The van der Waals surface area contributed by atoms with Crippen molar-refractivity contribution in [2.45, 2.75) is 10.1 Å². The number of hydrogen-bond acceptors (Lipinski definition) is 6. The van der Waals surface area contributed by atoms with Crippen LogP contribution in [-0.4, -0.2) is 21.9 Å². The Balaban J connectivity index is 1.56. The molecule has 2 N–H and O–H groups in total. The highest BCUT2D eigenvalue weighted by Gasteiger charge is 2.09. The van der Waals surface area contributed by atoms with E-state index < -0.39 is 5.91 Å². The lowest BCUT2D eigenvalue weighted by Crippen LogP contribution is -2.33. The second kappa shape index (κ2) is 8.59. The van der Waals surface area contributed by atoms with Crippen molar-refractivity contribution in [1.29, 1.82) is 5.41 Å². The molecule has 0 aliphatic carbocycles. The highest BCUT2D eigenvalue weighted by Crippen LogP contribution is 2.26. The fourth-order valence-electron chi connectivity index (χ4n) is 1.94. The van der Waals surface area contributed by atoms with E-state index >= 15 is 0 Å². The molecule has 26 heavy (non-hydrogen) atoms. The zero-order valence-corrected chi connectivity index (χ0v) is 15.8. The third kappa shape index (κ3) is 5.14. The SMILES string of the molecule is N=C(NC(=O)c1ccccc1)Oc1ccc(Sc2ncc(Br)cn2)cc1. The molecule has 1 heterocycles. The number of rotatable bonds is 4. The van der Waals surface area contributed by atoms with Crippen molar-refractivity contribution in [3.8, 4) is 5.75 Å². The lowest BCUT2D eigenvalue weighted by atomic mass is 10.2. The van der Waals surface area contributed by atoms with Crippen LogP contribution >= 0.6 is 27.7 Å². The van der Waals surface area contributed by atoms with Gasteiger partial charge >= 0.3 is 0 Å². The second-order valence-electron chi connectivity index (χ2n) is 5.01. The number of halogens is 1. The number of amidine groups is 1. The summed E-state index contributed by atoms with van der Waals surface area (Å²) in [6.07, 6.45) is 3.37. The molecule has 130 valence electrons. The average molecular weight is 429 g/mol. The van der Waals surface area contributed by atoms with Gasteiger partial charge < -0.3 is 4.74 Å². The van der Waals surface area contributed by atoms with E-state index in [4.69, 9.17) is 10.1 Å². The van der Waals surface area contributed by atoms with Gasteiger partial charge in [0, 0.05) is 22.9 Å². The number of nitrogens with zero attached hydrogens (tertiary/aromatic N) is 2. The first-order valence-electron chi connectivity index (χ1n) is 7.48. The Morgan fingerprint density at radius 2 is 1.69 bits per heavy atom. The van der Waals surface area contributed by atoms with Gasteiger partial charge in [0.25, 0.3) is 11.9 Å². The Hall–Kier alpha value is -2.71. The summed E-state index contributed by atoms with van der Waals surface area (Å²) in [5.41, 5.74) is 0.460. The van der Waals surface area contributed by atoms with Gasteiger partial charge in [-0.15, -0.1) is 0 Å². The van der Waals surface area contributed by atoms with Crippen LogP contribution in [0.15, 0.2) is 81.5 Å². The molecule has 0 fully saturated rings. The fraction of sp³-hybridized carbons (Fsp3) is 0. The smallest absolute Gasteiger partial charge is 0.294 e. The number of aromatic nitrogens is 2. The predicted molar refractivity (Wildman–Crippen MR) is 103 cm³/mol. The molecule has 0 unspecified atom stereocenters. The van der Waals surface area contributed by atoms with Crippen LogP contribution in [-0.2, 0) is 0 Å². The Bertz CT molecular complexity index is 903. The van der Waals surface area contributed by atoms with Crippen LogP contribution in [0.3, 0.4) is 0 Å². The Kier molecular flexibility index (Phi) is 5.98. The lowest BCUT2D eigenvalue weighted by Gasteiger charge is -2.09. The van der Waals surface area contributed by atoms with Crippen LogP contribution in [0.4, 0.5) is 0 Å². The van der Waals surface area contributed by atoms with Crippen molar-refractivity contribution in [2.24, 2.45) is 0 Å². The predicted octanol–water partition coefficient (Wildman–Crippen LogP) is 4.13. The third-order valence-electron chi connectivity index (χ3n) is 3.11. The number of hydrogen-bond donors (Lipinski definition) is 2. The standard InChI is InChI=1S/C18H13BrN4O2S/c19-13-10-21-18(22-11-13)26-15-8-6-14(7-9-15)25-17(20)23-16(24)12-4-2-1-3-5-12/h1-11H,(H2,20,23,24). The molecular formula is C18H13BrN4O2S. The first-order valence-corrected chi connectivity index (χ1v) is 9.09. The maximum absolute atomic E-state index is 12.0. The number of carbonyl (C=O) groups excluding carboxylic acids is 1. The summed E-state index contributed by atoms with van der Waals surface area (Å²) in [6.45, 7) is 0. The molecule has 1 amide bonds. The van der Waals surface area contributed by atoms with Crippen molar-refractivity contribution in [1.82, 2.24) is 15.3 Å². The van der Waals surface area contributed by atoms with E-state index in [2.05, 4.69) is 31.2 Å². The number of nitrogens with one attached hydrogen (secondary N) is 2. The quantitative estimate of drug-likeness (QED) is 0.370. The molecule has 2 aromatic carbocycles. The number of benzene rings is 2. The van der Waals surface area contributed by atoms with Crippen LogP contribution < -0.4 is 10.1 Å². The van der Waals surface area contributed by atoms with E-state index in [0.717, 1.165) is 9.37 Å². The van der Waals surface area contributed by atoms with E-state index in [0.29, 0.717) is 16.5 Å². The molecule has 3 rings (SSSR count). The van der Waals surface area contributed by atoms with Gasteiger partial charge in [0.15, 0.2) is 5.16 Å². The monoisotopic (exact) mass is 428 g/mol. The molecule has 0 spiro atoms. The van der Waals surface area contributed by atoms with Gasteiger partial charge in [-0.1, -0.05) is 18.2 Å². The molecule has 0 saturated carbocycles. The van der Waals surface area contributed by atoms with Gasteiger partial charge in [0.05, 0.1) is 4.47 Å². The van der Waals surface area contributed by atoms with Gasteiger partial charge in [0.1, 0.15) is 5.75 Å². The largest absolute Gasteiger partial charge is 0.426 e. The zero-order chi connectivity index (χ0) is 18.4. The minimum absolute atomic E-state index is 0.338. The molecule has 0 aliphatic heterocycles. The number of carbonyl (C=O) groups is 1. The van der Waals surface area contributed by atoms with Crippen LogP contribution in [0.25, 0.3) is 0 Å². The summed E-state index contributed by atoms with van der Waals surface area (Å²) < 4.78 is 6.15. The lowest BCUT2D eigenvalue weighted by molar-refractivity contribution is 0.0971. The van der Waals surface area contributed by atoms with Crippen LogP contribution in [0.5, 0.6) is 5.75 Å². The van der Waals surface area contributed by atoms with E-state index in [1.54, 1.807) is 48.8 Å². The highest BCUT2D eigenvalue weighted by atomic mass is 79.9. The topological polar surface area (TPSA) is 88.0 Å². The molecule has 3 aromatic rings. The van der Waals surface area contributed by atoms with Crippen LogP contribution in [0.2, 0.25) is 0 Å². The molecule has 6 nitrogen and oxygen atoms in total. The minimum Gasteiger partial charge on any atom is -0.426 e. The van der Waals surface area contributed by atoms with Crippen LogP contribution in [0, 0.1) is 5.41 Å². The fourth-order valence-corrected chi connectivity index (χ4v) is 2.84. The van der Waals surface area contributed by atoms with Gasteiger partial charge in [0.2, 0.25) is 0 Å². The third-order valence-corrected chi connectivity index (χ3v) is 4.42. The van der Waals surface area contributed by atoms with E-state index in [-0.39, 0.29) is 6.02 Å². The van der Waals surface area contributed by atoms with Gasteiger partial charge in [-0.25, -0.2) is 9.97 Å². The molecule has 8 heteroatoms. The minimum atomic E-state index is -0.393. The highest BCUT2D eigenvalue weighted by molar-refractivity contribution is 9.10. The molecule has 0 saturated heterocycles. The van der Waals surface area contributed by atoms with E-state index in [1.165, 1.54) is 11.8 Å². The molecule has 0 atom stereocenters.